The number of nitrogens with zero attached hydrogens (tertiary/aromatic N) is 1. The molecular formula is C11H20N2O4S. The number of sulfone groups is 1. The molecule has 0 radical (unpaired) electrons. The SMILES string of the molecule is CNC1COCC1C(=O)N1CCCS(=O)(=O)CC1. The lowest BCUT2D eigenvalue weighted by atomic mass is 10.0. The molecule has 2 aliphatic heterocycles. The maximum Gasteiger partial charge on any atom is 0.229 e. The fourth-order valence-electron chi connectivity index (χ4n) is 2.48. The fraction of sp³-hybridized carbons (Fsp3) is 0.909. The molecule has 0 spiro atoms. The number of hydrogen-bond donors (Lipinski definition) is 1. The van der Waals surface area contributed by atoms with Gasteiger partial charge in [-0.3, -0.25) is 4.79 Å². The van der Waals surface area contributed by atoms with Gasteiger partial charge in [0.15, 0.2) is 9.84 Å². The second-order valence-corrected chi connectivity index (χ2v) is 7.17. The van der Waals surface area contributed by atoms with Crippen molar-refractivity contribution in [3.05, 3.63) is 0 Å². The van der Waals surface area contributed by atoms with Gasteiger partial charge in [0, 0.05) is 19.1 Å². The first-order valence-electron chi connectivity index (χ1n) is 6.28. The third kappa shape index (κ3) is 3.02. The van der Waals surface area contributed by atoms with Crippen LogP contribution in [0.1, 0.15) is 6.42 Å². The summed E-state index contributed by atoms with van der Waals surface area (Å²) in [7, 11) is -1.16. The van der Waals surface area contributed by atoms with E-state index in [9.17, 15) is 13.2 Å². The first kappa shape index (κ1) is 13.8. The fourth-order valence-corrected chi connectivity index (χ4v) is 3.75. The largest absolute Gasteiger partial charge is 0.379 e. The van der Waals surface area contributed by atoms with E-state index < -0.39 is 9.84 Å². The Morgan fingerprint density at radius 1 is 1.28 bits per heavy atom. The molecular weight excluding hydrogens is 256 g/mol. The van der Waals surface area contributed by atoms with Crippen molar-refractivity contribution in [3.63, 3.8) is 0 Å². The van der Waals surface area contributed by atoms with Gasteiger partial charge in [-0.05, 0) is 13.5 Å². The van der Waals surface area contributed by atoms with Crippen molar-refractivity contribution in [2.45, 2.75) is 12.5 Å². The van der Waals surface area contributed by atoms with Crippen LogP contribution in [-0.2, 0) is 19.4 Å². The molecule has 18 heavy (non-hydrogen) atoms. The summed E-state index contributed by atoms with van der Waals surface area (Å²) in [4.78, 5) is 14.0. The zero-order valence-corrected chi connectivity index (χ0v) is 11.4. The molecule has 0 aliphatic carbocycles. The predicted molar refractivity (Wildman–Crippen MR) is 67.0 cm³/mol. The maximum absolute atomic E-state index is 12.3. The van der Waals surface area contributed by atoms with Crippen molar-refractivity contribution in [1.29, 1.82) is 0 Å². The number of likely N-dealkylation sites (N-methyl/N-ethyl adjacent to an activating group) is 1. The third-order valence-electron chi connectivity index (χ3n) is 3.64. The van der Waals surface area contributed by atoms with Crippen molar-refractivity contribution < 1.29 is 17.9 Å². The van der Waals surface area contributed by atoms with E-state index in [-0.39, 0.29) is 29.4 Å². The lowest BCUT2D eigenvalue weighted by Gasteiger charge is -2.25. The molecule has 2 unspecified atom stereocenters. The Labute approximate surface area is 108 Å². The zero-order valence-electron chi connectivity index (χ0n) is 10.6. The molecule has 2 saturated heterocycles. The first-order valence-corrected chi connectivity index (χ1v) is 8.10. The number of amides is 1. The van der Waals surface area contributed by atoms with Crippen molar-refractivity contribution >= 4 is 15.7 Å². The molecule has 104 valence electrons. The molecule has 2 atom stereocenters. The van der Waals surface area contributed by atoms with E-state index in [1.165, 1.54) is 0 Å². The summed E-state index contributed by atoms with van der Waals surface area (Å²) in [5, 5.41) is 3.08. The predicted octanol–water partition coefficient (Wildman–Crippen LogP) is -1.13. The van der Waals surface area contributed by atoms with E-state index in [2.05, 4.69) is 5.32 Å². The summed E-state index contributed by atoms with van der Waals surface area (Å²) >= 11 is 0. The van der Waals surface area contributed by atoms with Gasteiger partial charge < -0.3 is 15.0 Å². The van der Waals surface area contributed by atoms with E-state index in [4.69, 9.17) is 4.74 Å². The minimum absolute atomic E-state index is 0.0175. The Kier molecular flexibility index (Phi) is 4.24. The van der Waals surface area contributed by atoms with Crippen molar-refractivity contribution in [3.8, 4) is 0 Å². The minimum atomic E-state index is -2.97. The molecule has 2 aliphatic rings. The monoisotopic (exact) mass is 276 g/mol. The van der Waals surface area contributed by atoms with Gasteiger partial charge in [-0.15, -0.1) is 0 Å². The van der Waals surface area contributed by atoms with E-state index in [0.29, 0.717) is 32.7 Å². The second kappa shape index (κ2) is 5.54. The molecule has 0 aromatic heterocycles. The van der Waals surface area contributed by atoms with Gasteiger partial charge in [0.25, 0.3) is 0 Å². The van der Waals surface area contributed by atoms with Gasteiger partial charge >= 0.3 is 0 Å². The van der Waals surface area contributed by atoms with Crippen LogP contribution in [0.5, 0.6) is 0 Å². The van der Waals surface area contributed by atoms with Gasteiger partial charge in [0.1, 0.15) is 0 Å². The first-order chi connectivity index (χ1) is 8.53. The average molecular weight is 276 g/mol. The van der Waals surface area contributed by atoms with Crippen molar-refractivity contribution in [1.82, 2.24) is 10.2 Å². The number of rotatable bonds is 2. The Hall–Kier alpha value is -0.660. The molecule has 1 N–H and O–H groups in total. The van der Waals surface area contributed by atoms with E-state index in [1.807, 2.05) is 7.05 Å². The minimum Gasteiger partial charge on any atom is -0.379 e. The smallest absolute Gasteiger partial charge is 0.229 e. The van der Waals surface area contributed by atoms with Gasteiger partial charge in [-0.1, -0.05) is 0 Å². The number of carbonyl (C=O) groups is 1. The van der Waals surface area contributed by atoms with E-state index >= 15 is 0 Å². The van der Waals surface area contributed by atoms with E-state index in [1.54, 1.807) is 4.90 Å². The second-order valence-electron chi connectivity index (χ2n) is 4.87. The summed E-state index contributed by atoms with van der Waals surface area (Å²) in [5.41, 5.74) is 0. The molecule has 2 rings (SSSR count). The third-order valence-corrected chi connectivity index (χ3v) is 5.35. The van der Waals surface area contributed by atoms with Crippen LogP contribution in [0.4, 0.5) is 0 Å². The number of ether oxygens (including phenoxy) is 1. The molecule has 7 heteroatoms. The average Bonchev–Trinajstić information content (AvgIpc) is 2.73. The summed E-state index contributed by atoms with van der Waals surface area (Å²) in [6.07, 6.45) is 0.534. The Bertz CT molecular complexity index is 409. The number of hydrogen-bond acceptors (Lipinski definition) is 5. The van der Waals surface area contributed by atoms with Crippen LogP contribution in [0.3, 0.4) is 0 Å². The Morgan fingerprint density at radius 2 is 2.06 bits per heavy atom. The standard InChI is InChI=1S/C11H20N2O4S/c1-12-10-8-17-7-9(10)11(14)13-3-2-5-18(15,16)6-4-13/h9-10,12H,2-8H2,1H3. The van der Waals surface area contributed by atoms with Crippen LogP contribution >= 0.6 is 0 Å². The quantitative estimate of drug-likeness (QED) is 0.690. The summed E-state index contributed by atoms with van der Waals surface area (Å²) in [5.74, 6) is 0.101. The lowest BCUT2D eigenvalue weighted by molar-refractivity contribution is -0.135. The highest BCUT2D eigenvalue weighted by atomic mass is 32.2. The zero-order chi connectivity index (χ0) is 13.2. The summed E-state index contributed by atoms with van der Waals surface area (Å²) < 4.78 is 28.3. The number of carbonyl (C=O) groups excluding carboxylic acids is 1. The molecule has 0 aromatic rings. The molecule has 0 saturated carbocycles. The number of nitrogens with one attached hydrogen (secondary N) is 1. The van der Waals surface area contributed by atoms with Crippen LogP contribution in [-0.4, -0.2) is 70.1 Å². The highest BCUT2D eigenvalue weighted by Crippen LogP contribution is 2.18. The normalized spacial score (nSPS) is 32.2. The van der Waals surface area contributed by atoms with Gasteiger partial charge in [-0.2, -0.15) is 0 Å². The van der Waals surface area contributed by atoms with Crippen LogP contribution in [0.2, 0.25) is 0 Å². The molecule has 2 heterocycles. The Balaban J connectivity index is 2.00. The van der Waals surface area contributed by atoms with Crippen LogP contribution in [0.15, 0.2) is 0 Å². The Morgan fingerprint density at radius 3 is 2.78 bits per heavy atom. The summed E-state index contributed by atoms with van der Waals surface area (Å²) in [6, 6.07) is 0.0392. The van der Waals surface area contributed by atoms with Crippen molar-refractivity contribution in [2.75, 3.05) is 44.9 Å². The topological polar surface area (TPSA) is 75.7 Å². The van der Waals surface area contributed by atoms with Crippen molar-refractivity contribution in [2.24, 2.45) is 5.92 Å². The van der Waals surface area contributed by atoms with Gasteiger partial charge in [0.2, 0.25) is 5.91 Å². The molecule has 2 fully saturated rings. The summed E-state index contributed by atoms with van der Waals surface area (Å²) in [6.45, 7) is 1.81. The molecule has 0 bridgehead atoms. The van der Waals surface area contributed by atoms with Crippen LogP contribution in [0.25, 0.3) is 0 Å². The van der Waals surface area contributed by atoms with Gasteiger partial charge in [0.05, 0.1) is 30.6 Å². The van der Waals surface area contributed by atoms with Gasteiger partial charge in [-0.25, -0.2) is 8.42 Å². The van der Waals surface area contributed by atoms with E-state index in [0.717, 1.165) is 0 Å². The van der Waals surface area contributed by atoms with Crippen LogP contribution < -0.4 is 5.32 Å². The molecule has 1 amide bonds. The van der Waals surface area contributed by atoms with Crippen LogP contribution in [0, 0.1) is 5.92 Å². The molecule has 0 aromatic carbocycles. The highest BCUT2D eigenvalue weighted by Gasteiger charge is 2.36. The lowest BCUT2D eigenvalue weighted by Crippen LogP contribution is -2.45. The molecule has 6 nitrogen and oxygen atoms in total. The highest BCUT2D eigenvalue weighted by molar-refractivity contribution is 7.91. The maximum atomic E-state index is 12.3.